The Balaban J connectivity index is 2.00. The van der Waals surface area contributed by atoms with E-state index in [0.29, 0.717) is 18.5 Å². The van der Waals surface area contributed by atoms with Crippen molar-refractivity contribution < 1.29 is 19.1 Å². The van der Waals surface area contributed by atoms with Crippen LogP contribution in [0, 0.1) is 20.8 Å². The van der Waals surface area contributed by atoms with Gasteiger partial charge in [0.15, 0.2) is 11.4 Å². The number of carbonyl (C=O) groups is 2. The number of primary amides is 1. The highest BCUT2D eigenvalue weighted by atomic mass is 16.3. The van der Waals surface area contributed by atoms with Gasteiger partial charge in [0.25, 0.3) is 11.8 Å². The van der Waals surface area contributed by atoms with Gasteiger partial charge in [-0.3, -0.25) is 9.59 Å². The van der Waals surface area contributed by atoms with Crippen LogP contribution in [0.2, 0.25) is 0 Å². The number of rotatable bonds is 2. The van der Waals surface area contributed by atoms with E-state index in [4.69, 9.17) is 10.2 Å². The number of furan rings is 1. The van der Waals surface area contributed by atoms with Crippen molar-refractivity contribution in [3.63, 3.8) is 0 Å². The minimum absolute atomic E-state index is 0.102. The van der Waals surface area contributed by atoms with Gasteiger partial charge in [0, 0.05) is 17.5 Å². The Morgan fingerprint density at radius 3 is 2.54 bits per heavy atom. The van der Waals surface area contributed by atoms with E-state index in [1.165, 1.54) is 4.90 Å². The van der Waals surface area contributed by atoms with Crippen molar-refractivity contribution in [2.24, 2.45) is 5.73 Å². The predicted octanol–water partition coefficient (Wildman–Crippen LogP) is 1.81. The SMILES string of the molecule is Cc1ccc(C)c2c(C)c(C(=O)N3CCCC(O)(C(N)=O)C3)oc12. The van der Waals surface area contributed by atoms with Crippen molar-refractivity contribution in [3.8, 4) is 0 Å². The van der Waals surface area contributed by atoms with Gasteiger partial charge in [-0.25, -0.2) is 0 Å². The van der Waals surface area contributed by atoms with Crippen molar-refractivity contribution in [1.82, 2.24) is 4.90 Å². The number of hydrogen-bond acceptors (Lipinski definition) is 4. The molecule has 1 unspecified atom stereocenters. The predicted molar refractivity (Wildman–Crippen MR) is 89.7 cm³/mol. The summed E-state index contributed by atoms with van der Waals surface area (Å²) < 4.78 is 5.87. The molecule has 1 aliphatic heterocycles. The summed E-state index contributed by atoms with van der Waals surface area (Å²) in [6.07, 6.45) is 0.784. The number of benzene rings is 1. The third-order valence-corrected chi connectivity index (χ3v) is 4.89. The van der Waals surface area contributed by atoms with Gasteiger partial charge >= 0.3 is 0 Å². The van der Waals surface area contributed by atoms with Crippen LogP contribution in [0.25, 0.3) is 11.0 Å². The van der Waals surface area contributed by atoms with Gasteiger partial charge in [0.1, 0.15) is 5.58 Å². The Labute approximate surface area is 140 Å². The normalized spacial score (nSPS) is 21.2. The van der Waals surface area contributed by atoms with Crippen LogP contribution in [0.5, 0.6) is 0 Å². The van der Waals surface area contributed by atoms with Gasteiger partial charge in [0.05, 0.1) is 6.54 Å². The number of β-amino-alcohol motifs (C(OH)–C–C–N with tert-alkyl or cyclic N) is 1. The number of aliphatic hydroxyl groups is 1. The Kier molecular flexibility index (Phi) is 3.87. The van der Waals surface area contributed by atoms with Crippen molar-refractivity contribution in [2.45, 2.75) is 39.2 Å². The molecule has 1 aromatic heterocycles. The van der Waals surface area contributed by atoms with E-state index in [1.54, 1.807) is 0 Å². The minimum Gasteiger partial charge on any atom is -0.450 e. The molecule has 6 nitrogen and oxygen atoms in total. The second kappa shape index (κ2) is 5.63. The zero-order valence-corrected chi connectivity index (χ0v) is 14.2. The monoisotopic (exact) mass is 330 g/mol. The largest absolute Gasteiger partial charge is 0.450 e. The van der Waals surface area contributed by atoms with E-state index in [-0.39, 0.29) is 24.6 Å². The van der Waals surface area contributed by atoms with Crippen molar-refractivity contribution in [3.05, 3.63) is 34.6 Å². The van der Waals surface area contributed by atoms with E-state index >= 15 is 0 Å². The maximum absolute atomic E-state index is 12.9. The molecule has 0 saturated carbocycles. The van der Waals surface area contributed by atoms with Crippen LogP contribution < -0.4 is 5.73 Å². The van der Waals surface area contributed by atoms with E-state index in [1.807, 2.05) is 32.9 Å². The second-order valence-electron chi connectivity index (χ2n) is 6.69. The lowest BCUT2D eigenvalue weighted by molar-refractivity contribution is -0.140. The summed E-state index contributed by atoms with van der Waals surface area (Å²) in [6.45, 7) is 6.13. The Hall–Kier alpha value is -2.34. The number of nitrogens with zero attached hydrogens (tertiary/aromatic N) is 1. The van der Waals surface area contributed by atoms with Crippen LogP contribution in [-0.4, -0.2) is 40.5 Å². The molecule has 1 atom stereocenters. The first-order valence-electron chi connectivity index (χ1n) is 8.05. The highest BCUT2D eigenvalue weighted by Gasteiger charge is 2.41. The first-order valence-corrected chi connectivity index (χ1v) is 8.05. The summed E-state index contributed by atoms with van der Waals surface area (Å²) >= 11 is 0. The topological polar surface area (TPSA) is 96.8 Å². The molecule has 1 aromatic carbocycles. The van der Waals surface area contributed by atoms with Crippen LogP contribution in [0.3, 0.4) is 0 Å². The summed E-state index contributed by atoms with van der Waals surface area (Å²) in [5.41, 5.74) is 7.11. The fraction of sp³-hybridized carbons (Fsp3) is 0.444. The van der Waals surface area contributed by atoms with Gasteiger partial charge in [-0.1, -0.05) is 12.1 Å². The zero-order chi connectivity index (χ0) is 17.6. The molecule has 3 rings (SSSR count). The van der Waals surface area contributed by atoms with Crippen molar-refractivity contribution in [2.75, 3.05) is 13.1 Å². The summed E-state index contributed by atoms with van der Waals surface area (Å²) in [4.78, 5) is 25.8. The lowest BCUT2D eigenvalue weighted by Gasteiger charge is -2.36. The second-order valence-corrected chi connectivity index (χ2v) is 6.69. The molecule has 3 N–H and O–H groups in total. The molecule has 1 saturated heterocycles. The van der Waals surface area contributed by atoms with E-state index in [9.17, 15) is 14.7 Å². The average molecular weight is 330 g/mol. The van der Waals surface area contributed by atoms with Crippen LogP contribution in [0.1, 0.15) is 40.1 Å². The molecule has 6 heteroatoms. The smallest absolute Gasteiger partial charge is 0.290 e. The number of hydrogen-bond donors (Lipinski definition) is 2. The summed E-state index contributed by atoms with van der Waals surface area (Å²) in [5.74, 6) is -0.856. The van der Waals surface area contributed by atoms with Crippen molar-refractivity contribution >= 4 is 22.8 Å². The number of nitrogens with two attached hydrogens (primary N) is 1. The first kappa shape index (κ1) is 16.5. The van der Waals surface area contributed by atoms with Gasteiger partial charge < -0.3 is 20.2 Å². The van der Waals surface area contributed by atoms with E-state index in [2.05, 4.69) is 0 Å². The molecule has 24 heavy (non-hydrogen) atoms. The number of amides is 2. The van der Waals surface area contributed by atoms with Crippen LogP contribution >= 0.6 is 0 Å². The van der Waals surface area contributed by atoms with Crippen LogP contribution in [0.15, 0.2) is 16.5 Å². The summed E-state index contributed by atoms with van der Waals surface area (Å²) in [5, 5.41) is 11.3. The number of carbonyl (C=O) groups excluding carboxylic acids is 2. The lowest BCUT2D eigenvalue weighted by Crippen LogP contribution is -2.57. The number of fused-ring (bicyclic) bond motifs is 1. The fourth-order valence-corrected chi connectivity index (χ4v) is 3.43. The quantitative estimate of drug-likeness (QED) is 0.877. The first-order chi connectivity index (χ1) is 11.2. The maximum Gasteiger partial charge on any atom is 0.290 e. The highest BCUT2D eigenvalue weighted by Crippen LogP contribution is 2.32. The number of aryl methyl sites for hydroxylation is 3. The molecular weight excluding hydrogens is 308 g/mol. The Morgan fingerprint density at radius 2 is 1.92 bits per heavy atom. The molecule has 128 valence electrons. The third-order valence-electron chi connectivity index (χ3n) is 4.89. The van der Waals surface area contributed by atoms with E-state index < -0.39 is 11.5 Å². The van der Waals surface area contributed by atoms with Gasteiger partial charge in [0.2, 0.25) is 0 Å². The minimum atomic E-state index is -1.67. The molecule has 2 amide bonds. The molecule has 1 aliphatic rings. The summed E-state index contributed by atoms with van der Waals surface area (Å²) in [7, 11) is 0. The van der Waals surface area contributed by atoms with Gasteiger partial charge in [-0.2, -0.15) is 0 Å². The van der Waals surface area contributed by atoms with Gasteiger partial charge in [-0.15, -0.1) is 0 Å². The molecule has 0 radical (unpaired) electrons. The van der Waals surface area contributed by atoms with E-state index in [0.717, 1.165) is 22.1 Å². The molecule has 0 aliphatic carbocycles. The third kappa shape index (κ3) is 2.47. The van der Waals surface area contributed by atoms with Crippen LogP contribution in [0.4, 0.5) is 0 Å². The summed E-state index contributed by atoms with van der Waals surface area (Å²) in [6, 6.07) is 3.96. The lowest BCUT2D eigenvalue weighted by atomic mass is 9.92. The highest BCUT2D eigenvalue weighted by molar-refractivity contribution is 6.01. The molecular formula is C18H22N2O4. The Bertz CT molecular complexity index is 839. The number of likely N-dealkylation sites (tertiary alicyclic amines) is 1. The number of piperidine rings is 1. The standard InChI is InChI=1S/C18H22N2O4/c1-10-5-6-11(2)14-13(10)12(3)15(24-14)16(21)20-8-4-7-18(23,9-20)17(19)22/h5-6,23H,4,7-9H2,1-3H3,(H2,19,22). The van der Waals surface area contributed by atoms with Crippen LogP contribution in [-0.2, 0) is 4.79 Å². The fourth-order valence-electron chi connectivity index (χ4n) is 3.43. The molecule has 2 heterocycles. The molecule has 2 aromatic rings. The van der Waals surface area contributed by atoms with Crippen molar-refractivity contribution in [1.29, 1.82) is 0 Å². The maximum atomic E-state index is 12.9. The Morgan fingerprint density at radius 1 is 1.25 bits per heavy atom. The molecule has 1 fully saturated rings. The van der Waals surface area contributed by atoms with Gasteiger partial charge in [-0.05, 0) is 44.7 Å². The zero-order valence-electron chi connectivity index (χ0n) is 14.2. The average Bonchev–Trinajstić information content (AvgIpc) is 2.89. The molecule has 0 spiro atoms. The molecule has 0 bridgehead atoms.